The summed E-state index contributed by atoms with van der Waals surface area (Å²) >= 11 is 5.88. The van der Waals surface area contributed by atoms with Crippen LogP contribution < -0.4 is 15.4 Å². The van der Waals surface area contributed by atoms with Crippen molar-refractivity contribution in [3.05, 3.63) is 23.2 Å². The van der Waals surface area contributed by atoms with E-state index >= 15 is 0 Å². The summed E-state index contributed by atoms with van der Waals surface area (Å²) in [5.41, 5.74) is 0.568. The molecule has 2 amide bonds. The van der Waals surface area contributed by atoms with E-state index in [2.05, 4.69) is 17.6 Å². The van der Waals surface area contributed by atoms with Crippen LogP contribution in [0.1, 0.15) is 26.2 Å². The minimum atomic E-state index is -0.244. The lowest BCUT2D eigenvalue weighted by Gasteiger charge is -2.11. The molecule has 1 aromatic rings. The number of carbonyl (C=O) groups excluding carboxylic acids is 1. The van der Waals surface area contributed by atoms with Crippen molar-refractivity contribution in [1.82, 2.24) is 5.32 Å². The molecule has 1 aromatic carbocycles. The number of rotatable bonds is 6. The van der Waals surface area contributed by atoms with Crippen LogP contribution in [0.25, 0.3) is 0 Å². The van der Waals surface area contributed by atoms with Gasteiger partial charge in [0.25, 0.3) is 0 Å². The maximum atomic E-state index is 11.6. The third kappa shape index (κ3) is 4.84. The van der Waals surface area contributed by atoms with Gasteiger partial charge in [0.2, 0.25) is 0 Å². The lowest BCUT2D eigenvalue weighted by molar-refractivity contribution is 0.251. The fourth-order valence-corrected chi connectivity index (χ4v) is 1.69. The Morgan fingerprint density at radius 1 is 1.39 bits per heavy atom. The van der Waals surface area contributed by atoms with Crippen LogP contribution in [0.4, 0.5) is 10.5 Å². The number of amides is 2. The van der Waals surface area contributed by atoms with Gasteiger partial charge in [-0.1, -0.05) is 31.4 Å². The number of urea groups is 1. The Hall–Kier alpha value is -1.42. The third-order valence-corrected chi connectivity index (χ3v) is 2.71. The van der Waals surface area contributed by atoms with E-state index in [0.717, 1.165) is 19.3 Å². The van der Waals surface area contributed by atoms with Gasteiger partial charge in [-0.25, -0.2) is 4.79 Å². The lowest BCUT2D eigenvalue weighted by atomic mass is 10.2. The number of halogens is 1. The van der Waals surface area contributed by atoms with Crippen LogP contribution >= 0.6 is 11.6 Å². The fourth-order valence-electron chi connectivity index (χ4n) is 1.52. The maximum Gasteiger partial charge on any atom is 0.319 e. The largest absolute Gasteiger partial charge is 0.495 e. The number of benzene rings is 1. The van der Waals surface area contributed by atoms with Crippen LogP contribution in [0, 0.1) is 0 Å². The van der Waals surface area contributed by atoms with Crippen molar-refractivity contribution >= 4 is 23.3 Å². The molecule has 0 aromatic heterocycles. The Morgan fingerprint density at radius 2 is 2.17 bits per heavy atom. The summed E-state index contributed by atoms with van der Waals surface area (Å²) in [4.78, 5) is 11.6. The SMILES string of the molecule is CCCCCNC(=O)Nc1cc(Cl)ccc1OC. The van der Waals surface area contributed by atoms with Crippen LogP contribution in [0.5, 0.6) is 5.75 Å². The molecule has 0 radical (unpaired) electrons. The Labute approximate surface area is 113 Å². The summed E-state index contributed by atoms with van der Waals surface area (Å²) in [7, 11) is 1.55. The monoisotopic (exact) mass is 270 g/mol. The van der Waals surface area contributed by atoms with Crippen LogP contribution in [-0.2, 0) is 0 Å². The standard InChI is InChI=1S/C13H19ClN2O2/c1-3-4-5-8-15-13(17)16-11-9-10(14)6-7-12(11)18-2/h6-7,9H,3-5,8H2,1-2H3,(H2,15,16,17). The van der Waals surface area contributed by atoms with Crippen LogP contribution in [0.3, 0.4) is 0 Å². The first-order chi connectivity index (χ1) is 8.67. The second-order valence-electron chi connectivity index (χ2n) is 3.93. The van der Waals surface area contributed by atoms with Gasteiger partial charge in [0, 0.05) is 11.6 Å². The minimum Gasteiger partial charge on any atom is -0.495 e. The molecule has 0 fully saturated rings. The molecule has 1 rings (SSSR count). The number of unbranched alkanes of at least 4 members (excludes halogenated alkanes) is 2. The van der Waals surface area contributed by atoms with Gasteiger partial charge in [-0.15, -0.1) is 0 Å². The van der Waals surface area contributed by atoms with E-state index in [9.17, 15) is 4.79 Å². The van der Waals surface area contributed by atoms with Crippen molar-refractivity contribution in [3.63, 3.8) is 0 Å². The summed E-state index contributed by atoms with van der Waals surface area (Å²) in [5.74, 6) is 0.586. The number of hydrogen-bond acceptors (Lipinski definition) is 2. The van der Waals surface area contributed by atoms with Gasteiger partial charge in [0.15, 0.2) is 0 Å². The number of ether oxygens (including phenoxy) is 1. The molecule has 0 saturated heterocycles. The van der Waals surface area contributed by atoms with Crippen LogP contribution in [0.2, 0.25) is 5.02 Å². The van der Waals surface area contributed by atoms with Crippen LogP contribution in [0.15, 0.2) is 18.2 Å². The van der Waals surface area contributed by atoms with Crippen molar-refractivity contribution in [2.45, 2.75) is 26.2 Å². The molecule has 5 heteroatoms. The predicted octanol–water partition coefficient (Wildman–Crippen LogP) is 3.66. The number of hydrogen-bond donors (Lipinski definition) is 2. The second-order valence-corrected chi connectivity index (χ2v) is 4.37. The zero-order chi connectivity index (χ0) is 13.4. The van der Waals surface area contributed by atoms with E-state index in [4.69, 9.17) is 16.3 Å². The van der Waals surface area contributed by atoms with Crippen molar-refractivity contribution in [3.8, 4) is 5.75 Å². The van der Waals surface area contributed by atoms with E-state index in [1.54, 1.807) is 25.3 Å². The molecule has 100 valence electrons. The van der Waals surface area contributed by atoms with E-state index in [-0.39, 0.29) is 6.03 Å². The van der Waals surface area contributed by atoms with E-state index in [0.29, 0.717) is 23.0 Å². The average molecular weight is 271 g/mol. The third-order valence-electron chi connectivity index (χ3n) is 2.48. The highest BCUT2D eigenvalue weighted by Crippen LogP contribution is 2.27. The maximum absolute atomic E-state index is 11.6. The smallest absolute Gasteiger partial charge is 0.319 e. The van der Waals surface area contributed by atoms with E-state index in [1.807, 2.05) is 0 Å². The molecule has 0 bridgehead atoms. The second kappa shape index (κ2) is 7.82. The number of methoxy groups -OCH3 is 1. The van der Waals surface area contributed by atoms with Crippen LogP contribution in [-0.4, -0.2) is 19.7 Å². The van der Waals surface area contributed by atoms with Gasteiger partial charge in [-0.05, 0) is 24.6 Å². The van der Waals surface area contributed by atoms with Gasteiger partial charge in [0.05, 0.1) is 12.8 Å². The summed E-state index contributed by atoms with van der Waals surface area (Å²) in [6.07, 6.45) is 3.22. The van der Waals surface area contributed by atoms with Gasteiger partial charge < -0.3 is 15.4 Å². The number of nitrogens with one attached hydrogen (secondary N) is 2. The molecule has 0 aliphatic carbocycles. The fraction of sp³-hybridized carbons (Fsp3) is 0.462. The highest BCUT2D eigenvalue weighted by atomic mass is 35.5. The average Bonchev–Trinajstić information content (AvgIpc) is 2.35. The summed E-state index contributed by atoms with van der Waals surface area (Å²) < 4.78 is 5.14. The first-order valence-electron chi connectivity index (χ1n) is 6.05. The molecular formula is C13H19ClN2O2. The zero-order valence-corrected chi connectivity index (χ0v) is 11.5. The Balaban J connectivity index is 2.50. The van der Waals surface area contributed by atoms with Crippen molar-refractivity contribution in [2.24, 2.45) is 0 Å². The normalized spacial score (nSPS) is 9.94. The van der Waals surface area contributed by atoms with Gasteiger partial charge in [-0.2, -0.15) is 0 Å². The molecular weight excluding hydrogens is 252 g/mol. The first kappa shape index (κ1) is 14.6. The van der Waals surface area contributed by atoms with E-state index in [1.165, 1.54) is 0 Å². The summed E-state index contributed by atoms with van der Waals surface area (Å²) in [6, 6.07) is 4.85. The summed E-state index contributed by atoms with van der Waals surface area (Å²) in [5, 5.41) is 6.06. The van der Waals surface area contributed by atoms with Gasteiger partial charge in [-0.3, -0.25) is 0 Å². The molecule has 0 aliphatic rings. The van der Waals surface area contributed by atoms with E-state index < -0.39 is 0 Å². The molecule has 0 spiro atoms. The molecule has 0 heterocycles. The minimum absolute atomic E-state index is 0.244. The topological polar surface area (TPSA) is 50.4 Å². The molecule has 4 nitrogen and oxygen atoms in total. The Bertz CT molecular complexity index is 397. The quantitative estimate of drug-likeness (QED) is 0.775. The molecule has 2 N–H and O–H groups in total. The Kier molecular flexibility index (Phi) is 6.36. The van der Waals surface area contributed by atoms with Gasteiger partial charge >= 0.3 is 6.03 Å². The zero-order valence-electron chi connectivity index (χ0n) is 10.8. The summed E-state index contributed by atoms with van der Waals surface area (Å²) in [6.45, 7) is 2.79. The molecule has 0 atom stereocenters. The molecule has 0 unspecified atom stereocenters. The Morgan fingerprint density at radius 3 is 2.83 bits per heavy atom. The predicted molar refractivity (Wildman–Crippen MR) is 74.6 cm³/mol. The molecule has 0 aliphatic heterocycles. The van der Waals surface area contributed by atoms with Crippen molar-refractivity contribution in [2.75, 3.05) is 19.0 Å². The highest BCUT2D eigenvalue weighted by molar-refractivity contribution is 6.31. The van der Waals surface area contributed by atoms with Crippen molar-refractivity contribution < 1.29 is 9.53 Å². The van der Waals surface area contributed by atoms with Crippen molar-refractivity contribution in [1.29, 1.82) is 0 Å². The van der Waals surface area contributed by atoms with Gasteiger partial charge in [0.1, 0.15) is 5.75 Å². The number of carbonyl (C=O) groups is 1. The number of anilines is 1. The molecule has 18 heavy (non-hydrogen) atoms. The molecule has 0 saturated carbocycles. The first-order valence-corrected chi connectivity index (χ1v) is 6.43. The lowest BCUT2D eigenvalue weighted by Crippen LogP contribution is -2.29. The highest BCUT2D eigenvalue weighted by Gasteiger charge is 2.07.